The molecule has 0 saturated carbocycles. The number of nitrogens with one attached hydrogen (secondary N) is 1. The van der Waals surface area contributed by atoms with Crippen LogP contribution in [0.1, 0.15) is 5.56 Å². The van der Waals surface area contributed by atoms with Gasteiger partial charge < -0.3 is 45.4 Å². The molecular formula is C21H19I4NO10. The number of carbonyl (C=O) groups is 2. The molecule has 1 unspecified atom stereocenters. The summed E-state index contributed by atoms with van der Waals surface area (Å²) in [5, 5.41) is 60.9. The monoisotopic (exact) mass is 953 g/mol. The molecule has 2 aromatic rings. The molecule has 6 atom stereocenters. The average Bonchev–Trinajstić information content (AvgIpc) is 2.80. The third-order valence-electron chi connectivity index (χ3n) is 5.17. The fourth-order valence-electron chi connectivity index (χ4n) is 3.31. The van der Waals surface area contributed by atoms with Gasteiger partial charge in [-0.25, -0.2) is 4.79 Å². The van der Waals surface area contributed by atoms with Gasteiger partial charge in [0.15, 0.2) is 18.1 Å². The number of carboxylic acid groups (broad SMARTS) is 1. The Morgan fingerprint density at radius 1 is 0.917 bits per heavy atom. The first kappa shape index (κ1) is 30.2. The predicted octanol–water partition coefficient (Wildman–Crippen LogP) is 1.51. The number of aliphatic carboxylic acids is 1. The van der Waals surface area contributed by atoms with E-state index in [4.69, 9.17) is 9.47 Å². The summed E-state index contributed by atoms with van der Waals surface area (Å²) in [6.07, 6.45) is -9.40. The van der Waals surface area contributed by atoms with Crippen LogP contribution in [0, 0.1) is 14.3 Å². The molecule has 196 valence electrons. The molecule has 36 heavy (non-hydrogen) atoms. The highest BCUT2D eigenvalue weighted by Gasteiger charge is 2.46. The predicted molar refractivity (Wildman–Crippen MR) is 158 cm³/mol. The third-order valence-corrected chi connectivity index (χ3v) is 8.42. The topological polar surface area (TPSA) is 186 Å². The minimum absolute atomic E-state index is 0.126. The van der Waals surface area contributed by atoms with Crippen molar-refractivity contribution in [2.75, 3.05) is 0 Å². The van der Waals surface area contributed by atoms with Crippen molar-refractivity contribution < 1.29 is 49.7 Å². The minimum atomic E-state index is -1.93. The number of amides is 1. The average molecular weight is 953 g/mol. The summed E-state index contributed by atoms with van der Waals surface area (Å²) in [5.41, 5.74) is 0.569. The van der Waals surface area contributed by atoms with Gasteiger partial charge in [-0.15, -0.1) is 0 Å². The summed E-state index contributed by atoms with van der Waals surface area (Å²) in [7, 11) is 0. The number of halogens is 4. The van der Waals surface area contributed by atoms with Crippen LogP contribution in [0.25, 0.3) is 0 Å². The van der Waals surface area contributed by atoms with Crippen molar-refractivity contribution in [3.63, 3.8) is 0 Å². The van der Waals surface area contributed by atoms with E-state index < -0.39 is 48.6 Å². The van der Waals surface area contributed by atoms with E-state index in [0.29, 0.717) is 31.3 Å². The molecule has 1 heterocycles. The zero-order valence-corrected chi connectivity index (χ0v) is 26.4. The lowest BCUT2D eigenvalue weighted by Crippen LogP contribution is -2.62. The van der Waals surface area contributed by atoms with E-state index >= 15 is 0 Å². The lowest BCUT2D eigenvalue weighted by Gasteiger charge is -2.37. The van der Waals surface area contributed by atoms with Gasteiger partial charge in [0.05, 0.1) is 14.3 Å². The Labute approximate surface area is 259 Å². The van der Waals surface area contributed by atoms with Crippen LogP contribution in [0.2, 0.25) is 0 Å². The Hall–Kier alpha value is -0.300. The first-order chi connectivity index (χ1) is 16.8. The van der Waals surface area contributed by atoms with Gasteiger partial charge in [-0.2, -0.15) is 0 Å². The van der Waals surface area contributed by atoms with Crippen LogP contribution < -0.4 is 10.1 Å². The van der Waals surface area contributed by atoms with Gasteiger partial charge in [-0.05, 0) is 120 Å². The molecule has 7 N–H and O–H groups in total. The smallest absolute Gasteiger partial charge is 0.326 e. The van der Waals surface area contributed by atoms with E-state index in [1.807, 2.05) is 90.4 Å². The fraction of sp³-hybridized carbons (Fsp3) is 0.333. The van der Waals surface area contributed by atoms with E-state index in [9.17, 15) is 40.2 Å². The highest BCUT2D eigenvalue weighted by molar-refractivity contribution is 14.1. The van der Waals surface area contributed by atoms with Gasteiger partial charge >= 0.3 is 5.97 Å². The number of aliphatic hydroxyl groups excluding tert-OH is 4. The maximum atomic E-state index is 12.6. The molecule has 0 aromatic heterocycles. The number of carboxylic acids is 1. The van der Waals surface area contributed by atoms with Crippen LogP contribution in [-0.4, -0.2) is 79.3 Å². The zero-order valence-electron chi connectivity index (χ0n) is 17.8. The summed E-state index contributed by atoms with van der Waals surface area (Å²) < 4.78 is 13.5. The van der Waals surface area contributed by atoms with Crippen molar-refractivity contribution in [1.82, 2.24) is 5.32 Å². The highest BCUT2D eigenvalue weighted by Crippen LogP contribution is 2.37. The lowest BCUT2D eigenvalue weighted by molar-refractivity contribution is -0.275. The maximum absolute atomic E-state index is 12.6. The van der Waals surface area contributed by atoms with Crippen LogP contribution in [-0.2, 0) is 20.7 Å². The first-order valence-electron chi connectivity index (χ1n) is 10.0. The molecule has 11 nitrogen and oxygen atoms in total. The lowest BCUT2D eigenvalue weighted by atomic mass is 9.97. The van der Waals surface area contributed by atoms with Gasteiger partial charge in [0.25, 0.3) is 5.91 Å². The number of carbonyl (C=O) groups excluding carboxylic acids is 1. The SMILES string of the molecule is O=C(O)C(Cc1cc(I)c(Oc2cc(I)c(O)c(I)c2)c(I)c1)NC(=O)[C@H]1O[C@@H](O)[C@H](O)[C@@H](O)[C@@H]1O. The van der Waals surface area contributed by atoms with Gasteiger partial charge in [0.1, 0.15) is 35.9 Å². The second-order valence-corrected chi connectivity index (χ2v) is 12.4. The molecule has 0 radical (unpaired) electrons. The molecule has 2 aromatic carbocycles. The number of phenols is 1. The zero-order chi connectivity index (χ0) is 26.9. The van der Waals surface area contributed by atoms with E-state index in [0.717, 1.165) is 0 Å². The number of hydrogen-bond acceptors (Lipinski definition) is 9. The number of phenolic OH excluding ortho intramolecular Hbond substituents is 1. The standard InChI is InChI=1S/C21H19I4NO10/c22-8-4-7(5-9(23)13(8)27)35-17-10(24)1-6(2-11(17)25)3-12(20(32)33)26-19(31)18-15(29)14(28)16(30)21(34)36-18/h1-2,4-5,12,14-16,18,21,27-30,34H,3H2,(H,26,31)(H,32,33)/t12?,14-,15-,16+,18-,21+/m0/s1. The Kier molecular flexibility index (Phi) is 10.7. The van der Waals surface area contributed by atoms with Gasteiger partial charge in [0.2, 0.25) is 0 Å². The summed E-state index contributed by atoms with van der Waals surface area (Å²) in [5.74, 6) is -1.21. The van der Waals surface area contributed by atoms with E-state index in [-0.39, 0.29) is 12.2 Å². The largest absolute Gasteiger partial charge is 0.506 e. The number of aliphatic hydroxyl groups is 4. The molecule has 0 bridgehead atoms. The van der Waals surface area contributed by atoms with Crippen LogP contribution in [0.5, 0.6) is 17.2 Å². The third kappa shape index (κ3) is 7.01. The molecular weight excluding hydrogens is 934 g/mol. The number of hydrogen-bond donors (Lipinski definition) is 7. The first-order valence-corrected chi connectivity index (χ1v) is 14.4. The van der Waals surface area contributed by atoms with Crippen molar-refractivity contribution in [2.24, 2.45) is 0 Å². The molecule has 15 heteroatoms. The molecule has 1 amide bonds. The van der Waals surface area contributed by atoms with Crippen LogP contribution in [0.15, 0.2) is 24.3 Å². The number of rotatable bonds is 7. The number of ether oxygens (including phenoxy) is 2. The van der Waals surface area contributed by atoms with Crippen LogP contribution in [0.4, 0.5) is 0 Å². The number of benzene rings is 2. The molecule has 1 saturated heterocycles. The summed E-state index contributed by atoms with van der Waals surface area (Å²) >= 11 is 8.09. The Bertz CT molecular complexity index is 1120. The Morgan fingerprint density at radius 3 is 2.00 bits per heavy atom. The van der Waals surface area contributed by atoms with E-state index in [2.05, 4.69) is 5.32 Å². The van der Waals surface area contributed by atoms with Crippen molar-refractivity contribution in [2.45, 2.75) is 43.2 Å². The van der Waals surface area contributed by atoms with Crippen molar-refractivity contribution in [3.05, 3.63) is 44.1 Å². The van der Waals surface area contributed by atoms with Crippen molar-refractivity contribution in [1.29, 1.82) is 0 Å². The Morgan fingerprint density at radius 2 is 1.47 bits per heavy atom. The number of aromatic hydroxyl groups is 1. The fourth-order valence-corrected chi connectivity index (χ4v) is 7.14. The molecule has 3 rings (SSSR count). The molecule has 1 fully saturated rings. The molecule has 0 spiro atoms. The summed E-state index contributed by atoms with van der Waals surface area (Å²) in [4.78, 5) is 24.4. The van der Waals surface area contributed by atoms with Crippen molar-refractivity contribution in [3.8, 4) is 17.2 Å². The van der Waals surface area contributed by atoms with Gasteiger partial charge in [0, 0.05) is 6.42 Å². The summed E-state index contributed by atoms with van der Waals surface area (Å²) in [6, 6.07) is 5.34. The van der Waals surface area contributed by atoms with Crippen LogP contribution >= 0.6 is 90.4 Å². The van der Waals surface area contributed by atoms with Crippen LogP contribution in [0.3, 0.4) is 0 Å². The van der Waals surface area contributed by atoms with Crippen molar-refractivity contribution >= 4 is 102 Å². The normalized spacial score (nSPS) is 24.7. The quantitative estimate of drug-likeness (QED) is 0.201. The molecule has 1 aliphatic heterocycles. The second-order valence-electron chi connectivity index (χ2n) is 7.75. The summed E-state index contributed by atoms with van der Waals surface area (Å²) in [6.45, 7) is 0. The highest BCUT2D eigenvalue weighted by atomic mass is 127. The van der Waals surface area contributed by atoms with Gasteiger partial charge in [-0.1, -0.05) is 0 Å². The molecule has 0 aliphatic carbocycles. The maximum Gasteiger partial charge on any atom is 0.326 e. The van der Waals surface area contributed by atoms with Gasteiger partial charge in [-0.3, -0.25) is 4.79 Å². The van der Waals surface area contributed by atoms with E-state index in [1.165, 1.54) is 0 Å². The Balaban J connectivity index is 1.76. The minimum Gasteiger partial charge on any atom is -0.506 e. The van der Waals surface area contributed by atoms with E-state index in [1.54, 1.807) is 24.3 Å². The molecule has 1 aliphatic rings. The second kappa shape index (κ2) is 12.7.